The van der Waals surface area contributed by atoms with Gasteiger partial charge >= 0.3 is 0 Å². The average Bonchev–Trinajstić information content (AvgIpc) is 3.49. The Balaban J connectivity index is 1.32. The second kappa shape index (κ2) is 8.17. The van der Waals surface area contributed by atoms with Crippen LogP contribution in [-0.4, -0.2) is 30.6 Å². The van der Waals surface area contributed by atoms with Crippen molar-refractivity contribution in [2.45, 2.75) is 26.1 Å². The van der Waals surface area contributed by atoms with Gasteiger partial charge in [0.15, 0.2) is 5.76 Å². The Labute approximate surface area is 183 Å². The number of nitrogens with zero attached hydrogens (tertiary/aromatic N) is 1. The third kappa shape index (κ3) is 3.94. The summed E-state index contributed by atoms with van der Waals surface area (Å²) in [7, 11) is 1.58. The van der Waals surface area contributed by atoms with Crippen molar-refractivity contribution in [1.82, 2.24) is 10.3 Å². The molecule has 1 aliphatic heterocycles. The number of ether oxygens (including phenoxy) is 2. The molecule has 2 aromatic carbocycles. The van der Waals surface area contributed by atoms with Gasteiger partial charge in [0, 0.05) is 13.5 Å². The number of furan rings is 1. The van der Waals surface area contributed by atoms with Crippen LogP contribution in [0.5, 0.6) is 5.75 Å². The first-order valence-corrected chi connectivity index (χ1v) is 10.9. The van der Waals surface area contributed by atoms with E-state index in [9.17, 15) is 4.79 Å². The number of hydrogen-bond donors (Lipinski definition) is 1. The minimum absolute atomic E-state index is 0.137. The van der Waals surface area contributed by atoms with Crippen LogP contribution in [0.1, 0.15) is 27.4 Å². The third-order valence-corrected chi connectivity index (χ3v) is 6.30. The molecular formula is C24H22N2O4S. The summed E-state index contributed by atoms with van der Waals surface area (Å²) >= 11 is 1.66. The number of rotatable bonds is 6. The molecule has 158 valence electrons. The molecule has 4 aromatic rings. The predicted octanol–water partition coefficient (Wildman–Crippen LogP) is 4.74. The van der Waals surface area contributed by atoms with Gasteiger partial charge < -0.3 is 19.2 Å². The Morgan fingerprint density at radius 3 is 2.97 bits per heavy atom. The van der Waals surface area contributed by atoms with Crippen LogP contribution in [-0.2, 0) is 17.8 Å². The van der Waals surface area contributed by atoms with Crippen LogP contribution < -0.4 is 10.1 Å². The van der Waals surface area contributed by atoms with Gasteiger partial charge in [-0.1, -0.05) is 18.2 Å². The quantitative estimate of drug-likeness (QED) is 0.474. The zero-order chi connectivity index (χ0) is 21.4. The maximum atomic E-state index is 12.4. The Kier molecular flexibility index (Phi) is 5.21. The Morgan fingerprint density at radius 2 is 2.13 bits per heavy atom. The highest BCUT2D eigenvalue weighted by Crippen LogP contribution is 2.42. The van der Waals surface area contributed by atoms with Gasteiger partial charge in [0.05, 0.1) is 22.3 Å². The highest BCUT2D eigenvalue weighted by Gasteiger charge is 2.28. The fraction of sp³-hybridized carbons (Fsp3) is 0.250. The molecule has 31 heavy (non-hydrogen) atoms. The van der Waals surface area contributed by atoms with Crippen LogP contribution in [0.3, 0.4) is 0 Å². The third-order valence-electron chi connectivity index (χ3n) is 5.23. The summed E-state index contributed by atoms with van der Waals surface area (Å²) in [5, 5.41) is 3.87. The minimum atomic E-state index is -0.260. The zero-order valence-corrected chi connectivity index (χ0v) is 18.1. The summed E-state index contributed by atoms with van der Waals surface area (Å²) in [5.74, 6) is 1.50. The topological polar surface area (TPSA) is 73.6 Å². The smallest absolute Gasteiger partial charge is 0.287 e. The molecule has 0 aliphatic carbocycles. The van der Waals surface area contributed by atoms with E-state index >= 15 is 0 Å². The number of methoxy groups -OCH3 is 1. The number of para-hydroxylation sites is 1. The molecule has 2 aromatic heterocycles. The van der Waals surface area contributed by atoms with Crippen molar-refractivity contribution >= 4 is 27.5 Å². The molecule has 0 saturated heterocycles. The minimum Gasteiger partial charge on any atom is -0.487 e. The van der Waals surface area contributed by atoms with Crippen LogP contribution in [0.15, 0.2) is 52.9 Å². The summed E-state index contributed by atoms with van der Waals surface area (Å²) in [6.07, 6.45) is 0.602. The number of thiazole rings is 1. The molecule has 7 heteroatoms. The van der Waals surface area contributed by atoms with Gasteiger partial charge in [-0.25, -0.2) is 4.98 Å². The summed E-state index contributed by atoms with van der Waals surface area (Å²) in [5.41, 5.74) is 4.32. The first-order chi connectivity index (χ1) is 15.1. The van der Waals surface area contributed by atoms with Crippen molar-refractivity contribution in [1.29, 1.82) is 0 Å². The van der Waals surface area contributed by atoms with Gasteiger partial charge in [-0.3, -0.25) is 4.79 Å². The van der Waals surface area contributed by atoms with Crippen LogP contribution in [0, 0.1) is 6.92 Å². The Morgan fingerprint density at radius 1 is 1.26 bits per heavy atom. The van der Waals surface area contributed by atoms with Gasteiger partial charge in [-0.15, -0.1) is 11.3 Å². The van der Waals surface area contributed by atoms with Crippen molar-refractivity contribution in [2.24, 2.45) is 0 Å². The van der Waals surface area contributed by atoms with Crippen molar-refractivity contribution in [3.8, 4) is 16.3 Å². The summed E-state index contributed by atoms with van der Waals surface area (Å²) in [6, 6.07) is 15.8. The Bertz CT molecular complexity index is 1230. The van der Waals surface area contributed by atoms with E-state index in [4.69, 9.17) is 18.9 Å². The number of carbonyl (C=O) groups excluding carboxylic acids is 1. The first-order valence-electron chi connectivity index (χ1n) is 10.1. The van der Waals surface area contributed by atoms with E-state index in [1.54, 1.807) is 30.6 Å². The molecule has 1 atom stereocenters. The number of carbonyl (C=O) groups is 1. The second-order valence-electron chi connectivity index (χ2n) is 7.64. The number of hydrogen-bond acceptors (Lipinski definition) is 6. The highest BCUT2D eigenvalue weighted by atomic mass is 32.1. The lowest BCUT2D eigenvalue weighted by Crippen LogP contribution is -2.34. The largest absolute Gasteiger partial charge is 0.487 e. The summed E-state index contributed by atoms with van der Waals surface area (Å²) < 4.78 is 18.0. The highest BCUT2D eigenvalue weighted by molar-refractivity contribution is 7.21. The molecule has 0 fully saturated rings. The number of benzene rings is 2. The molecular weight excluding hydrogens is 412 g/mol. The van der Waals surface area contributed by atoms with Crippen LogP contribution >= 0.6 is 11.3 Å². The van der Waals surface area contributed by atoms with Crippen LogP contribution in [0.2, 0.25) is 0 Å². The molecule has 6 nitrogen and oxygen atoms in total. The molecule has 0 saturated carbocycles. The fourth-order valence-electron chi connectivity index (χ4n) is 3.87. The van der Waals surface area contributed by atoms with E-state index < -0.39 is 0 Å². The molecule has 0 spiro atoms. The summed E-state index contributed by atoms with van der Waals surface area (Å²) in [4.78, 5) is 17.2. The molecule has 1 unspecified atom stereocenters. The number of nitrogens with one attached hydrogen (secondary N) is 1. The molecule has 1 aliphatic rings. The summed E-state index contributed by atoms with van der Waals surface area (Å²) in [6.45, 7) is 2.81. The Hall–Kier alpha value is -3.16. The molecule has 3 heterocycles. The number of amides is 1. The molecule has 1 amide bonds. The van der Waals surface area contributed by atoms with Crippen molar-refractivity contribution in [2.75, 3.05) is 13.7 Å². The van der Waals surface area contributed by atoms with E-state index in [0.717, 1.165) is 38.5 Å². The van der Waals surface area contributed by atoms with Gasteiger partial charge in [0.25, 0.3) is 5.91 Å². The average molecular weight is 435 g/mol. The number of fused-ring (bicyclic) bond motifs is 2. The second-order valence-corrected chi connectivity index (χ2v) is 8.67. The van der Waals surface area contributed by atoms with Crippen LogP contribution in [0.4, 0.5) is 0 Å². The normalized spacial score (nSPS) is 15.1. The maximum Gasteiger partial charge on any atom is 0.287 e. The van der Waals surface area contributed by atoms with Crippen molar-refractivity contribution in [3.05, 3.63) is 71.2 Å². The van der Waals surface area contributed by atoms with E-state index in [-0.39, 0.29) is 17.8 Å². The van der Waals surface area contributed by atoms with E-state index in [1.807, 2.05) is 18.2 Å². The maximum absolute atomic E-state index is 12.4. The lowest BCUT2D eigenvalue weighted by atomic mass is 10.0. The lowest BCUT2D eigenvalue weighted by Gasteiger charge is -2.12. The molecule has 0 bridgehead atoms. The van der Waals surface area contributed by atoms with Crippen LogP contribution in [0.25, 0.3) is 20.8 Å². The monoisotopic (exact) mass is 434 g/mol. The fourth-order valence-corrected chi connectivity index (χ4v) is 4.84. The first kappa shape index (κ1) is 19.8. The van der Waals surface area contributed by atoms with Crippen molar-refractivity contribution < 1.29 is 18.7 Å². The van der Waals surface area contributed by atoms with E-state index in [1.165, 1.54) is 5.56 Å². The van der Waals surface area contributed by atoms with E-state index in [2.05, 4.69) is 30.4 Å². The zero-order valence-electron chi connectivity index (χ0n) is 17.3. The van der Waals surface area contributed by atoms with Gasteiger partial charge in [-0.05, 0) is 48.4 Å². The predicted molar refractivity (Wildman–Crippen MR) is 120 cm³/mol. The molecule has 1 N–H and O–H groups in total. The SMILES string of the molecule is COCc1ccc(C(=O)NCC2Cc3cc(C)cc(-c4nc5ccccc5s4)c3O2)o1. The van der Waals surface area contributed by atoms with Gasteiger partial charge in [0.1, 0.15) is 29.2 Å². The standard InChI is InChI=1S/C24H22N2O4S/c1-14-9-15-11-17(12-25-23(27)20-8-7-16(29-20)13-28-2)30-22(15)18(10-14)24-26-19-5-3-4-6-21(19)31-24/h3-10,17H,11-13H2,1-2H3,(H,25,27). The number of aryl methyl sites for hydroxylation is 1. The molecule has 0 radical (unpaired) electrons. The van der Waals surface area contributed by atoms with Gasteiger partial charge in [0.2, 0.25) is 0 Å². The molecule has 5 rings (SSSR count). The van der Waals surface area contributed by atoms with E-state index in [0.29, 0.717) is 18.9 Å². The van der Waals surface area contributed by atoms with Gasteiger partial charge in [-0.2, -0.15) is 0 Å². The number of aromatic nitrogens is 1. The lowest BCUT2D eigenvalue weighted by molar-refractivity contribution is 0.0897. The van der Waals surface area contributed by atoms with Crippen molar-refractivity contribution in [3.63, 3.8) is 0 Å².